The topological polar surface area (TPSA) is 84.0 Å². The smallest absolute Gasteiger partial charge is 0.340 e. The Hall–Kier alpha value is -2.49. The number of ether oxygens (including phenoxy) is 1. The van der Waals surface area contributed by atoms with Crippen LogP contribution in [0, 0.1) is 0 Å². The lowest BCUT2D eigenvalue weighted by Crippen LogP contribution is -2.35. The van der Waals surface area contributed by atoms with E-state index in [4.69, 9.17) is 4.74 Å². The third kappa shape index (κ3) is 5.11. The largest absolute Gasteiger partial charge is 0.465 e. The Kier molecular flexibility index (Phi) is 7.86. The van der Waals surface area contributed by atoms with Crippen LogP contribution >= 0.6 is 11.3 Å². The summed E-state index contributed by atoms with van der Waals surface area (Å²) in [5.74, 6) is -0.670. The number of amides is 1. The van der Waals surface area contributed by atoms with Crippen LogP contribution in [-0.2, 0) is 38.9 Å². The first-order valence-corrected chi connectivity index (χ1v) is 12.7. The molecule has 1 aliphatic heterocycles. The molecule has 0 unspecified atom stereocenters. The number of carbonyl (C=O) groups is 2. The number of fused-ring (bicyclic) bond motifs is 1. The highest BCUT2D eigenvalue weighted by Crippen LogP contribution is 2.38. The highest BCUT2D eigenvalue weighted by Gasteiger charge is 2.36. The number of likely N-dealkylation sites (N-methyl/N-ethyl adjacent to an activating group) is 1. The summed E-state index contributed by atoms with van der Waals surface area (Å²) in [6, 6.07) is 9.63. The van der Waals surface area contributed by atoms with Gasteiger partial charge in [0.1, 0.15) is 4.21 Å². The molecule has 0 aliphatic carbocycles. The summed E-state index contributed by atoms with van der Waals surface area (Å²) in [5, 5.41) is 0. The van der Waals surface area contributed by atoms with E-state index >= 15 is 0 Å². The maximum atomic E-state index is 13.4. The van der Waals surface area contributed by atoms with Crippen molar-refractivity contribution in [1.82, 2.24) is 9.21 Å². The minimum Gasteiger partial charge on any atom is -0.465 e. The number of allylic oxidation sites excluding steroid dienone is 1. The molecule has 2 aromatic rings. The molecule has 7 nitrogen and oxygen atoms in total. The van der Waals surface area contributed by atoms with Gasteiger partial charge in [0.15, 0.2) is 0 Å². The monoisotopic (exact) mass is 476 g/mol. The third-order valence-corrected chi connectivity index (χ3v) is 9.10. The highest BCUT2D eigenvalue weighted by atomic mass is 32.2. The number of benzene rings is 1. The number of thiophene rings is 1. The van der Waals surface area contributed by atoms with Gasteiger partial charge in [-0.3, -0.25) is 4.79 Å². The molecule has 0 saturated carbocycles. The molecule has 2 heterocycles. The Balaban J connectivity index is 1.88. The first-order valence-electron chi connectivity index (χ1n) is 10.4. The van der Waals surface area contributed by atoms with E-state index in [-0.39, 0.29) is 22.2 Å². The maximum Gasteiger partial charge on any atom is 0.340 e. The number of esters is 1. The van der Waals surface area contributed by atoms with E-state index in [0.717, 1.165) is 21.8 Å². The number of nitrogens with zero attached hydrogens (tertiary/aromatic N) is 2. The average molecular weight is 477 g/mol. The molecular formula is C23H28N2O5S2. The Morgan fingerprint density at radius 1 is 1.28 bits per heavy atom. The second kappa shape index (κ2) is 10.4. The van der Waals surface area contributed by atoms with Gasteiger partial charge in [-0.2, -0.15) is 4.31 Å². The van der Waals surface area contributed by atoms with E-state index in [0.29, 0.717) is 44.3 Å². The lowest BCUT2D eigenvalue weighted by Gasteiger charge is -2.27. The molecule has 0 fully saturated rings. The van der Waals surface area contributed by atoms with Gasteiger partial charge in [0.2, 0.25) is 5.91 Å². The van der Waals surface area contributed by atoms with E-state index < -0.39 is 16.0 Å². The Morgan fingerprint density at radius 2 is 2.00 bits per heavy atom. The summed E-state index contributed by atoms with van der Waals surface area (Å²) < 4.78 is 33.0. The van der Waals surface area contributed by atoms with Crippen molar-refractivity contribution in [3.63, 3.8) is 0 Å². The van der Waals surface area contributed by atoms with Crippen LogP contribution in [0.2, 0.25) is 0 Å². The first kappa shape index (κ1) is 24.2. The summed E-state index contributed by atoms with van der Waals surface area (Å²) in [4.78, 5) is 27.4. The summed E-state index contributed by atoms with van der Waals surface area (Å²) in [6.45, 7) is 4.66. The van der Waals surface area contributed by atoms with Crippen molar-refractivity contribution in [3.05, 3.63) is 64.6 Å². The zero-order valence-corrected chi connectivity index (χ0v) is 20.0. The number of hydrogen-bond donors (Lipinski definition) is 0. The van der Waals surface area contributed by atoms with Crippen molar-refractivity contribution < 1.29 is 22.7 Å². The maximum absolute atomic E-state index is 13.4. The van der Waals surface area contributed by atoms with Gasteiger partial charge in [-0.05, 0) is 30.4 Å². The van der Waals surface area contributed by atoms with Crippen LogP contribution in [0.15, 0.2) is 47.2 Å². The Labute approximate surface area is 193 Å². The fourth-order valence-corrected chi connectivity index (χ4v) is 6.92. The van der Waals surface area contributed by atoms with Crippen LogP contribution in [0.1, 0.15) is 39.2 Å². The van der Waals surface area contributed by atoms with Crippen LogP contribution in [0.25, 0.3) is 0 Å². The molecule has 1 aromatic heterocycles. The summed E-state index contributed by atoms with van der Waals surface area (Å²) in [7, 11) is -1.14. The molecule has 1 aromatic carbocycles. The van der Waals surface area contributed by atoms with Crippen molar-refractivity contribution in [3.8, 4) is 0 Å². The fourth-order valence-electron chi connectivity index (χ4n) is 3.66. The summed E-state index contributed by atoms with van der Waals surface area (Å²) >= 11 is 1.06. The van der Waals surface area contributed by atoms with Crippen LogP contribution in [0.3, 0.4) is 0 Å². The van der Waals surface area contributed by atoms with Gasteiger partial charge in [-0.1, -0.05) is 36.4 Å². The normalized spacial score (nSPS) is 13.7. The van der Waals surface area contributed by atoms with E-state index in [9.17, 15) is 18.0 Å². The van der Waals surface area contributed by atoms with Crippen molar-refractivity contribution >= 4 is 33.2 Å². The second-order valence-electron chi connectivity index (χ2n) is 7.61. The standard InChI is InChI=1S/C23H28N2O5S2/c1-4-5-11-20(26)25-15-13-18-19(16-25)31-23(21(18)22(27)30-3)32(28,29)24(2)14-12-17-9-7-6-8-10-17/h4,6-10H,1,5,11-16H2,2-3H3. The molecule has 3 rings (SSSR count). The highest BCUT2D eigenvalue weighted by molar-refractivity contribution is 7.91. The van der Waals surface area contributed by atoms with Gasteiger partial charge in [0, 0.05) is 31.4 Å². The van der Waals surface area contributed by atoms with Gasteiger partial charge in [0.05, 0.1) is 19.2 Å². The number of carbonyl (C=O) groups excluding carboxylic acids is 2. The molecule has 0 N–H and O–H groups in total. The Morgan fingerprint density at radius 3 is 2.66 bits per heavy atom. The lowest BCUT2D eigenvalue weighted by molar-refractivity contribution is -0.131. The molecule has 0 radical (unpaired) electrons. The van der Waals surface area contributed by atoms with Crippen LogP contribution in [0.5, 0.6) is 0 Å². The minimum atomic E-state index is -3.91. The second-order valence-corrected chi connectivity index (χ2v) is 11.0. The van der Waals surface area contributed by atoms with Crippen LogP contribution in [-0.4, -0.2) is 56.7 Å². The molecule has 0 atom stereocenters. The van der Waals surface area contributed by atoms with Crippen molar-refractivity contribution in [2.24, 2.45) is 0 Å². The summed E-state index contributed by atoms with van der Waals surface area (Å²) in [6.07, 6.45) is 3.62. The third-order valence-electron chi connectivity index (χ3n) is 5.53. The number of sulfonamides is 1. The van der Waals surface area contributed by atoms with Crippen molar-refractivity contribution in [2.45, 2.75) is 36.4 Å². The predicted molar refractivity (Wildman–Crippen MR) is 124 cm³/mol. The van der Waals surface area contributed by atoms with Crippen molar-refractivity contribution in [1.29, 1.82) is 0 Å². The van der Waals surface area contributed by atoms with Crippen LogP contribution < -0.4 is 0 Å². The lowest BCUT2D eigenvalue weighted by atomic mass is 10.0. The molecule has 0 saturated heterocycles. The number of rotatable bonds is 9. The molecule has 0 spiro atoms. The van der Waals surface area contributed by atoms with Gasteiger partial charge in [-0.25, -0.2) is 13.2 Å². The van der Waals surface area contributed by atoms with E-state index in [2.05, 4.69) is 6.58 Å². The number of methoxy groups -OCH3 is 1. The first-order chi connectivity index (χ1) is 15.3. The Bertz CT molecular complexity index is 1090. The molecule has 0 bridgehead atoms. The fraction of sp³-hybridized carbons (Fsp3) is 0.391. The molecule has 32 heavy (non-hydrogen) atoms. The van der Waals surface area contributed by atoms with E-state index in [1.165, 1.54) is 18.5 Å². The average Bonchev–Trinajstić information content (AvgIpc) is 3.20. The zero-order chi connectivity index (χ0) is 23.3. The predicted octanol–water partition coefficient (Wildman–Crippen LogP) is 3.25. The van der Waals surface area contributed by atoms with Gasteiger partial charge < -0.3 is 9.64 Å². The van der Waals surface area contributed by atoms with Gasteiger partial charge in [-0.15, -0.1) is 17.9 Å². The zero-order valence-electron chi connectivity index (χ0n) is 18.4. The molecule has 172 valence electrons. The molecule has 1 aliphatic rings. The molecular weight excluding hydrogens is 448 g/mol. The molecule has 9 heteroatoms. The van der Waals surface area contributed by atoms with E-state index in [1.54, 1.807) is 11.0 Å². The summed E-state index contributed by atoms with van der Waals surface area (Å²) in [5.41, 5.74) is 1.81. The number of hydrogen-bond acceptors (Lipinski definition) is 6. The quantitative estimate of drug-likeness (QED) is 0.410. The van der Waals surface area contributed by atoms with Crippen LogP contribution in [0.4, 0.5) is 0 Å². The SMILES string of the molecule is C=CCCC(=O)N1CCc2c(sc(S(=O)(=O)N(C)CCc3ccccc3)c2C(=O)OC)C1. The van der Waals surface area contributed by atoms with Gasteiger partial charge in [0.25, 0.3) is 10.0 Å². The molecule has 1 amide bonds. The van der Waals surface area contributed by atoms with Crippen molar-refractivity contribution in [2.75, 3.05) is 27.2 Å². The minimum absolute atomic E-state index is 0.00652. The van der Waals surface area contributed by atoms with E-state index in [1.807, 2.05) is 30.3 Å². The van der Waals surface area contributed by atoms with Gasteiger partial charge >= 0.3 is 5.97 Å².